The Morgan fingerprint density at radius 1 is 0.963 bits per heavy atom. The quantitative estimate of drug-likeness (QED) is 0.727. The van der Waals surface area contributed by atoms with Gasteiger partial charge in [-0.05, 0) is 61.3 Å². The molecule has 3 rings (SSSR count). The minimum atomic E-state index is -3.49. The highest BCUT2D eigenvalue weighted by atomic mass is 32.2. The average Bonchev–Trinajstić information content (AvgIpc) is 3.11. The van der Waals surface area contributed by atoms with E-state index in [4.69, 9.17) is 5.11 Å². The van der Waals surface area contributed by atoms with Crippen LogP contribution in [0.3, 0.4) is 0 Å². The van der Waals surface area contributed by atoms with Crippen LogP contribution in [-0.4, -0.2) is 26.7 Å². The zero-order chi connectivity index (χ0) is 19.3. The Balaban J connectivity index is 1.70. The first-order valence-corrected chi connectivity index (χ1v) is 11.2. The van der Waals surface area contributed by atoms with Crippen molar-refractivity contribution >= 4 is 10.0 Å². The summed E-state index contributed by atoms with van der Waals surface area (Å²) in [6.07, 6.45) is 5.93. The zero-order valence-electron chi connectivity index (χ0n) is 15.9. The van der Waals surface area contributed by atoms with Crippen LogP contribution in [-0.2, 0) is 22.9 Å². The van der Waals surface area contributed by atoms with Crippen LogP contribution in [0.4, 0.5) is 0 Å². The molecule has 1 aliphatic carbocycles. The topological polar surface area (TPSA) is 66.4 Å². The van der Waals surface area contributed by atoms with Crippen LogP contribution in [0.2, 0.25) is 0 Å². The van der Waals surface area contributed by atoms with Crippen molar-refractivity contribution in [2.75, 3.05) is 13.2 Å². The van der Waals surface area contributed by atoms with Gasteiger partial charge >= 0.3 is 0 Å². The van der Waals surface area contributed by atoms with Gasteiger partial charge in [0.25, 0.3) is 0 Å². The van der Waals surface area contributed by atoms with Crippen molar-refractivity contribution < 1.29 is 13.5 Å². The van der Waals surface area contributed by atoms with Crippen molar-refractivity contribution in [1.29, 1.82) is 0 Å². The van der Waals surface area contributed by atoms with E-state index < -0.39 is 10.0 Å². The van der Waals surface area contributed by atoms with Crippen molar-refractivity contribution in [3.8, 4) is 0 Å². The van der Waals surface area contributed by atoms with E-state index in [1.807, 2.05) is 19.1 Å². The SMILES string of the molecule is Cc1ccc(S(=O)(=O)NCC2(Cc3ccc(CCO)cc3)CCCC2)cc1. The standard InChI is InChI=1S/C22H29NO3S/c1-18-4-10-21(11-5-18)27(25,26)23-17-22(13-2-3-14-22)16-20-8-6-19(7-9-20)12-15-24/h4-11,23-24H,2-3,12-17H2,1H3. The van der Waals surface area contributed by atoms with Gasteiger partial charge in [-0.2, -0.15) is 0 Å². The highest BCUT2D eigenvalue weighted by molar-refractivity contribution is 7.89. The normalized spacial score (nSPS) is 16.5. The first-order chi connectivity index (χ1) is 12.9. The molecular formula is C22H29NO3S. The lowest BCUT2D eigenvalue weighted by Gasteiger charge is -2.29. The van der Waals surface area contributed by atoms with Gasteiger partial charge in [-0.3, -0.25) is 0 Å². The molecule has 1 saturated carbocycles. The van der Waals surface area contributed by atoms with Crippen LogP contribution in [0.25, 0.3) is 0 Å². The summed E-state index contributed by atoms with van der Waals surface area (Å²) in [4.78, 5) is 0.328. The number of hydrogen-bond acceptors (Lipinski definition) is 3. The van der Waals surface area contributed by atoms with E-state index in [9.17, 15) is 8.42 Å². The van der Waals surface area contributed by atoms with Gasteiger partial charge in [-0.15, -0.1) is 0 Å². The van der Waals surface area contributed by atoms with E-state index >= 15 is 0 Å². The third-order valence-electron chi connectivity index (χ3n) is 5.64. The molecule has 0 heterocycles. The first kappa shape index (κ1) is 20.1. The summed E-state index contributed by atoms with van der Waals surface area (Å²) in [5.74, 6) is 0. The molecule has 0 atom stereocenters. The number of aryl methyl sites for hydroxylation is 1. The van der Waals surface area contributed by atoms with Crippen LogP contribution in [0.15, 0.2) is 53.4 Å². The number of rotatable bonds is 8. The molecule has 146 valence electrons. The number of aliphatic hydroxyl groups excluding tert-OH is 1. The molecule has 0 radical (unpaired) electrons. The van der Waals surface area contributed by atoms with Crippen molar-refractivity contribution in [3.05, 3.63) is 65.2 Å². The summed E-state index contributed by atoms with van der Waals surface area (Å²) in [5.41, 5.74) is 3.39. The fraction of sp³-hybridized carbons (Fsp3) is 0.455. The van der Waals surface area contributed by atoms with E-state index in [1.165, 1.54) is 5.56 Å². The smallest absolute Gasteiger partial charge is 0.240 e. The Morgan fingerprint density at radius 3 is 2.15 bits per heavy atom. The largest absolute Gasteiger partial charge is 0.396 e. The molecule has 27 heavy (non-hydrogen) atoms. The van der Waals surface area contributed by atoms with Crippen LogP contribution < -0.4 is 4.72 Å². The third-order valence-corrected chi connectivity index (χ3v) is 7.05. The van der Waals surface area contributed by atoms with Gasteiger partial charge in [0.15, 0.2) is 0 Å². The summed E-state index contributed by atoms with van der Waals surface area (Å²) in [5, 5.41) is 9.05. The van der Waals surface area contributed by atoms with Gasteiger partial charge in [0.05, 0.1) is 4.90 Å². The molecule has 0 spiro atoms. The van der Waals surface area contributed by atoms with Gasteiger partial charge < -0.3 is 5.11 Å². The van der Waals surface area contributed by atoms with E-state index in [1.54, 1.807) is 12.1 Å². The van der Waals surface area contributed by atoms with Crippen molar-refractivity contribution in [3.63, 3.8) is 0 Å². The fourth-order valence-electron chi connectivity index (χ4n) is 3.98. The maximum Gasteiger partial charge on any atom is 0.240 e. The Kier molecular flexibility index (Phi) is 6.35. The highest BCUT2D eigenvalue weighted by Gasteiger charge is 2.35. The van der Waals surface area contributed by atoms with Crippen molar-refractivity contribution in [2.24, 2.45) is 5.41 Å². The van der Waals surface area contributed by atoms with Gasteiger partial charge in [0.1, 0.15) is 0 Å². The lowest BCUT2D eigenvalue weighted by Crippen LogP contribution is -2.37. The molecule has 2 aromatic rings. The molecule has 2 N–H and O–H groups in total. The molecule has 1 fully saturated rings. The predicted molar refractivity (Wildman–Crippen MR) is 108 cm³/mol. The van der Waals surface area contributed by atoms with Gasteiger partial charge in [-0.1, -0.05) is 54.8 Å². The second-order valence-corrected chi connectivity index (χ2v) is 9.58. The molecule has 0 aromatic heterocycles. The molecule has 0 saturated heterocycles. The Labute approximate surface area is 162 Å². The number of aliphatic hydroxyl groups is 1. The molecule has 4 nitrogen and oxygen atoms in total. The Bertz CT molecular complexity index is 836. The lowest BCUT2D eigenvalue weighted by atomic mass is 9.80. The molecule has 0 aliphatic heterocycles. The third kappa shape index (κ3) is 5.18. The molecule has 0 amide bonds. The number of nitrogens with one attached hydrogen (secondary N) is 1. The van der Waals surface area contributed by atoms with E-state index in [0.29, 0.717) is 17.9 Å². The molecule has 5 heteroatoms. The molecule has 2 aromatic carbocycles. The fourth-order valence-corrected chi connectivity index (χ4v) is 5.13. The summed E-state index contributed by atoms with van der Waals surface area (Å²) < 4.78 is 28.2. The van der Waals surface area contributed by atoms with Crippen molar-refractivity contribution in [1.82, 2.24) is 4.72 Å². The summed E-state index contributed by atoms with van der Waals surface area (Å²) in [6.45, 7) is 2.58. The Morgan fingerprint density at radius 2 is 1.56 bits per heavy atom. The number of hydrogen-bond donors (Lipinski definition) is 2. The molecule has 0 bridgehead atoms. The molecule has 1 aliphatic rings. The van der Waals surface area contributed by atoms with E-state index in [-0.39, 0.29) is 12.0 Å². The Hall–Kier alpha value is -1.69. The second-order valence-electron chi connectivity index (χ2n) is 7.81. The van der Waals surface area contributed by atoms with E-state index in [2.05, 4.69) is 29.0 Å². The minimum Gasteiger partial charge on any atom is -0.396 e. The second kappa shape index (κ2) is 8.55. The van der Waals surface area contributed by atoms with Crippen LogP contribution in [0.1, 0.15) is 42.4 Å². The number of benzene rings is 2. The monoisotopic (exact) mass is 387 g/mol. The lowest BCUT2D eigenvalue weighted by molar-refractivity contribution is 0.294. The maximum atomic E-state index is 12.7. The van der Waals surface area contributed by atoms with Crippen LogP contribution in [0, 0.1) is 12.3 Å². The van der Waals surface area contributed by atoms with Gasteiger partial charge in [0, 0.05) is 13.2 Å². The summed E-state index contributed by atoms with van der Waals surface area (Å²) in [6, 6.07) is 15.3. The minimum absolute atomic E-state index is 0.0176. The number of sulfonamides is 1. The van der Waals surface area contributed by atoms with Gasteiger partial charge in [0.2, 0.25) is 10.0 Å². The van der Waals surface area contributed by atoms with Crippen molar-refractivity contribution in [2.45, 2.75) is 50.3 Å². The highest BCUT2D eigenvalue weighted by Crippen LogP contribution is 2.40. The zero-order valence-corrected chi connectivity index (χ0v) is 16.8. The summed E-state index contributed by atoms with van der Waals surface area (Å²) >= 11 is 0. The van der Waals surface area contributed by atoms with E-state index in [0.717, 1.165) is 43.2 Å². The first-order valence-electron chi connectivity index (χ1n) is 9.68. The maximum absolute atomic E-state index is 12.7. The molecular weight excluding hydrogens is 358 g/mol. The predicted octanol–water partition coefficient (Wildman–Crippen LogP) is 3.61. The summed E-state index contributed by atoms with van der Waals surface area (Å²) in [7, 11) is -3.49. The van der Waals surface area contributed by atoms with Crippen LogP contribution >= 0.6 is 0 Å². The average molecular weight is 388 g/mol. The molecule has 0 unspecified atom stereocenters. The van der Waals surface area contributed by atoms with Gasteiger partial charge in [-0.25, -0.2) is 13.1 Å². The van der Waals surface area contributed by atoms with Crippen LogP contribution in [0.5, 0.6) is 0 Å².